The summed E-state index contributed by atoms with van der Waals surface area (Å²) in [6, 6.07) is 20.1. The van der Waals surface area contributed by atoms with Crippen molar-refractivity contribution in [3.8, 4) is 17.1 Å². The molecule has 0 unspecified atom stereocenters. The van der Waals surface area contributed by atoms with Crippen LogP contribution in [0.2, 0.25) is 0 Å². The van der Waals surface area contributed by atoms with Crippen LogP contribution in [0.3, 0.4) is 0 Å². The molecule has 0 amide bonds. The van der Waals surface area contributed by atoms with Gasteiger partial charge in [-0.1, -0.05) is 49.4 Å². The van der Waals surface area contributed by atoms with Crippen molar-refractivity contribution in [2.45, 2.75) is 13.3 Å². The molecule has 0 saturated heterocycles. The lowest BCUT2D eigenvalue weighted by atomic mass is 10.2. The standard InChI is InChI=1S/C21H19N3OS/c1-3-15-13-16-20(22-17-11-7-8-12-18(17)25-2)23-19(24-21(16)26-15)14-9-5-4-6-10-14/h4-13H,3H2,1-2H3,(H,22,23,24). The summed E-state index contributed by atoms with van der Waals surface area (Å²) in [5, 5.41) is 4.48. The van der Waals surface area contributed by atoms with Gasteiger partial charge in [-0.25, -0.2) is 9.97 Å². The molecule has 5 heteroatoms. The fourth-order valence-corrected chi connectivity index (χ4v) is 3.80. The number of aromatic nitrogens is 2. The van der Waals surface area contributed by atoms with Gasteiger partial charge in [0.05, 0.1) is 18.2 Å². The number of benzene rings is 2. The van der Waals surface area contributed by atoms with E-state index in [1.165, 1.54) is 4.88 Å². The number of para-hydroxylation sites is 2. The lowest BCUT2D eigenvalue weighted by molar-refractivity contribution is 0.417. The Morgan fingerprint density at radius 3 is 2.54 bits per heavy atom. The molecule has 4 nitrogen and oxygen atoms in total. The van der Waals surface area contributed by atoms with Crippen LogP contribution in [0.1, 0.15) is 11.8 Å². The second kappa shape index (κ2) is 7.14. The summed E-state index contributed by atoms with van der Waals surface area (Å²) >= 11 is 1.72. The van der Waals surface area contributed by atoms with E-state index >= 15 is 0 Å². The van der Waals surface area contributed by atoms with Crippen molar-refractivity contribution >= 4 is 33.1 Å². The monoisotopic (exact) mass is 361 g/mol. The largest absolute Gasteiger partial charge is 0.495 e. The molecule has 1 N–H and O–H groups in total. The Balaban J connectivity index is 1.87. The van der Waals surface area contributed by atoms with Gasteiger partial charge in [-0.05, 0) is 24.6 Å². The van der Waals surface area contributed by atoms with Crippen LogP contribution in [0, 0.1) is 0 Å². The molecule has 0 bridgehead atoms. The molecular weight excluding hydrogens is 342 g/mol. The number of hydrogen-bond acceptors (Lipinski definition) is 5. The average Bonchev–Trinajstić information content (AvgIpc) is 3.13. The molecule has 0 atom stereocenters. The van der Waals surface area contributed by atoms with Crippen LogP contribution >= 0.6 is 11.3 Å². The van der Waals surface area contributed by atoms with E-state index in [4.69, 9.17) is 14.7 Å². The molecule has 2 aromatic heterocycles. The van der Waals surface area contributed by atoms with E-state index in [0.29, 0.717) is 0 Å². The van der Waals surface area contributed by atoms with Crippen LogP contribution in [0.15, 0.2) is 60.7 Å². The number of methoxy groups -OCH3 is 1. The maximum absolute atomic E-state index is 5.47. The molecule has 2 aromatic carbocycles. The number of anilines is 2. The fourth-order valence-electron chi connectivity index (χ4n) is 2.83. The second-order valence-electron chi connectivity index (χ2n) is 5.87. The smallest absolute Gasteiger partial charge is 0.163 e. The van der Waals surface area contributed by atoms with Crippen LogP contribution in [-0.2, 0) is 6.42 Å². The van der Waals surface area contributed by atoms with Crippen LogP contribution in [0.5, 0.6) is 5.75 Å². The second-order valence-corrected chi connectivity index (χ2v) is 6.99. The number of nitrogens with zero attached hydrogens (tertiary/aromatic N) is 2. The summed E-state index contributed by atoms with van der Waals surface area (Å²) in [4.78, 5) is 11.9. The van der Waals surface area contributed by atoms with Gasteiger partial charge in [0.15, 0.2) is 5.82 Å². The zero-order valence-electron chi connectivity index (χ0n) is 14.7. The summed E-state index contributed by atoms with van der Waals surface area (Å²) in [5.41, 5.74) is 1.89. The van der Waals surface area contributed by atoms with Gasteiger partial charge >= 0.3 is 0 Å². The van der Waals surface area contributed by atoms with Crippen LogP contribution in [-0.4, -0.2) is 17.1 Å². The van der Waals surface area contributed by atoms with E-state index in [1.807, 2.05) is 54.6 Å². The number of thiophene rings is 1. The summed E-state index contributed by atoms with van der Waals surface area (Å²) in [7, 11) is 1.67. The summed E-state index contributed by atoms with van der Waals surface area (Å²) in [5.74, 6) is 2.31. The van der Waals surface area contributed by atoms with Gasteiger partial charge in [0.25, 0.3) is 0 Å². The number of nitrogens with one attached hydrogen (secondary N) is 1. The Hall–Kier alpha value is -2.92. The molecule has 0 spiro atoms. The Kier molecular flexibility index (Phi) is 4.54. The molecule has 0 radical (unpaired) electrons. The number of rotatable bonds is 5. The number of ether oxygens (including phenoxy) is 1. The first-order valence-electron chi connectivity index (χ1n) is 8.54. The third-order valence-corrected chi connectivity index (χ3v) is 5.36. The van der Waals surface area contributed by atoms with E-state index in [-0.39, 0.29) is 0 Å². The molecule has 4 rings (SSSR count). The first-order chi connectivity index (χ1) is 12.8. The predicted octanol–water partition coefficient (Wildman–Crippen LogP) is 5.67. The van der Waals surface area contributed by atoms with Gasteiger partial charge in [-0.15, -0.1) is 11.3 Å². The summed E-state index contributed by atoms with van der Waals surface area (Å²) in [6.07, 6.45) is 0.982. The highest BCUT2D eigenvalue weighted by Gasteiger charge is 2.14. The van der Waals surface area contributed by atoms with Crippen molar-refractivity contribution in [2.24, 2.45) is 0 Å². The van der Waals surface area contributed by atoms with Crippen LogP contribution in [0.4, 0.5) is 11.5 Å². The summed E-state index contributed by atoms with van der Waals surface area (Å²) < 4.78 is 5.47. The predicted molar refractivity (Wildman–Crippen MR) is 109 cm³/mol. The normalized spacial score (nSPS) is 10.8. The third-order valence-electron chi connectivity index (χ3n) is 4.18. The van der Waals surface area contributed by atoms with Crippen molar-refractivity contribution in [1.82, 2.24) is 9.97 Å². The van der Waals surface area contributed by atoms with Crippen LogP contribution < -0.4 is 10.1 Å². The average molecular weight is 361 g/mol. The highest BCUT2D eigenvalue weighted by atomic mass is 32.1. The molecule has 0 saturated carbocycles. The Morgan fingerprint density at radius 2 is 1.77 bits per heavy atom. The van der Waals surface area contributed by atoms with Crippen molar-refractivity contribution in [1.29, 1.82) is 0 Å². The van der Waals surface area contributed by atoms with E-state index in [9.17, 15) is 0 Å². The van der Waals surface area contributed by atoms with E-state index < -0.39 is 0 Å². The molecule has 4 aromatic rings. The molecule has 0 aliphatic carbocycles. The molecule has 0 aliphatic heterocycles. The van der Waals surface area contributed by atoms with E-state index in [1.54, 1.807) is 18.4 Å². The first-order valence-corrected chi connectivity index (χ1v) is 9.36. The molecule has 0 aliphatic rings. The van der Waals surface area contributed by atoms with Crippen LogP contribution in [0.25, 0.3) is 21.6 Å². The molecular formula is C21H19N3OS. The van der Waals surface area contributed by atoms with Gasteiger partial charge in [0.1, 0.15) is 16.4 Å². The quantitative estimate of drug-likeness (QED) is 0.497. The fraction of sp³-hybridized carbons (Fsp3) is 0.143. The maximum atomic E-state index is 5.47. The lowest BCUT2D eigenvalue weighted by Gasteiger charge is -2.12. The molecule has 2 heterocycles. The Morgan fingerprint density at radius 1 is 1.00 bits per heavy atom. The summed E-state index contributed by atoms with van der Waals surface area (Å²) in [6.45, 7) is 2.16. The third kappa shape index (κ3) is 3.13. The minimum absolute atomic E-state index is 0.722. The molecule has 130 valence electrons. The maximum Gasteiger partial charge on any atom is 0.163 e. The van der Waals surface area contributed by atoms with Gasteiger partial charge in [-0.2, -0.15) is 0 Å². The molecule has 26 heavy (non-hydrogen) atoms. The zero-order chi connectivity index (χ0) is 17.9. The van der Waals surface area contributed by atoms with Gasteiger partial charge in [-0.3, -0.25) is 0 Å². The molecule has 0 fully saturated rings. The highest BCUT2D eigenvalue weighted by molar-refractivity contribution is 7.18. The van der Waals surface area contributed by atoms with E-state index in [0.717, 1.165) is 45.3 Å². The van der Waals surface area contributed by atoms with Crippen molar-refractivity contribution in [3.05, 3.63) is 65.5 Å². The van der Waals surface area contributed by atoms with Crippen molar-refractivity contribution in [3.63, 3.8) is 0 Å². The number of fused-ring (bicyclic) bond motifs is 1. The minimum Gasteiger partial charge on any atom is -0.495 e. The minimum atomic E-state index is 0.722. The van der Waals surface area contributed by atoms with Crippen molar-refractivity contribution in [2.75, 3.05) is 12.4 Å². The number of hydrogen-bond donors (Lipinski definition) is 1. The van der Waals surface area contributed by atoms with Crippen molar-refractivity contribution < 1.29 is 4.74 Å². The Labute approximate surface area is 156 Å². The first kappa shape index (κ1) is 16.5. The SMILES string of the molecule is CCc1cc2c(Nc3ccccc3OC)nc(-c3ccccc3)nc2s1. The van der Waals surface area contributed by atoms with Gasteiger partial charge < -0.3 is 10.1 Å². The van der Waals surface area contributed by atoms with Gasteiger partial charge in [0.2, 0.25) is 0 Å². The Bertz CT molecular complexity index is 1040. The highest BCUT2D eigenvalue weighted by Crippen LogP contribution is 2.35. The van der Waals surface area contributed by atoms with Gasteiger partial charge in [0, 0.05) is 10.4 Å². The van der Waals surface area contributed by atoms with E-state index in [2.05, 4.69) is 18.3 Å². The number of aryl methyl sites for hydroxylation is 1. The topological polar surface area (TPSA) is 47.0 Å². The lowest BCUT2D eigenvalue weighted by Crippen LogP contribution is -1.99. The zero-order valence-corrected chi connectivity index (χ0v) is 15.5.